The molecule has 0 saturated carbocycles. The molecular formula is C12H19N3O2. The van der Waals surface area contributed by atoms with Crippen molar-refractivity contribution in [2.45, 2.75) is 39.3 Å². The Morgan fingerprint density at radius 2 is 2.53 bits per heavy atom. The second-order valence-electron chi connectivity index (χ2n) is 4.79. The quantitative estimate of drug-likeness (QED) is 0.822. The molecule has 1 aromatic heterocycles. The molecule has 0 aliphatic carbocycles. The summed E-state index contributed by atoms with van der Waals surface area (Å²) in [5.41, 5.74) is 0.832. The van der Waals surface area contributed by atoms with Crippen molar-refractivity contribution < 1.29 is 9.32 Å². The predicted octanol–water partition coefficient (Wildman–Crippen LogP) is 0.987. The van der Waals surface area contributed by atoms with Crippen LogP contribution in [0.2, 0.25) is 0 Å². The molecule has 1 aliphatic rings. The van der Waals surface area contributed by atoms with Gasteiger partial charge in [-0.05, 0) is 32.2 Å². The highest BCUT2D eigenvalue weighted by molar-refractivity contribution is 5.81. The molecule has 2 heterocycles. The van der Waals surface area contributed by atoms with Gasteiger partial charge >= 0.3 is 0 Å². The molecule has 0 aromatic carbocycles. The van der Waals surface area contributed by atoms with E-state index in [1.165, 1.54) is 0 Å². The molecule has 94 valence electrons. The summed E-state index contributed by atoms with van der Waals surface area (Å²) in [6.45, 7) is 5.37. The number of nitrogens with one attached hydrogen (secondary N) is 2. The zero-order valence-corrected chi connectivity index (χ0v) is 10.3. The molecule has 2 N–H and O–H groups in total. The van der Waals surface area contributed by atoms with Gasteiger partial charge in [0.1, 0.15) is 0 Å². The van der Waals surface area contributed by atoms with Crippen LogP contribution in [0, 0.1) is 12.8 Å². The van der Waals surface area contributed by atoms with Gasteiger partial charge in [-0.2, -0.15) is 0 Å². The first-order valence-electron chi connectivity index (χ1n) is 6.08. The van der Waals surface area contributed by atoms with Crippen molar-refractivity contribution in [3.05, 3.63) is 17.5 Å². The average Bonchev–Trinajstić information content (AvgIpc) is 2.72. The monoisotopic (exact) mass is 237 g/mol. The molecule has 1 amide bonds. The highest BCUT2D eigenvalue weighted by Gasteiger charge is 2.24. The second kappa shape index (κ2) is 5.31. The molecule has 5 nitrogen and oxygen atoms in total. The van der Waals surface area contributed by atoms with E-state index >= 15 is 0 Å². The number of nitrogens with zero attached hydrogens (tertiary/aromatic N) is 1. The SMILES string of the molecule is Cc1cc(CNC(=O)C2CC(C)CCN2)on1. The van der Waals surface area contributed by atoms with Gasteiger partial charge in [0.05, 0.1) is 18.3 Å². The summed E-state index contributed by atoms with van der Waals surface area (Å²) in [4.78, 5) is 11.9. The van der Waals surface area contributed by atoms with Crippen LogP contribution in [0.5, 0.6) is 0 Å². The lowest BCUT2D eigenvalue weighted by Gasteiger charge is -2.27. The van der Waals surface area contributed by atoms with Gasteiger partial charge in [0, 0.05) is 6.07 Å². The Morgan fingerprint density at radius 3 is 3.18 bits per heavy atom. The van der Waals surface area contributed by atoms with Crippen LogP contribution in [0.25, 0.3) is 0 Å². The predicted molar refractivity (Wildman–Crippen MR) is 63.3 cm³/mol. The number of rotatable bonds is 3. The van der Waals surface area contributed by atoms with E-state index in [2.05, 4.69) is 22.7 Å². The van der Waals surface area contributed by atoms with Gasteiger partial charge in [0.2, 0.25) is 5.91 Å². The molecule has 1 fully saturated rings. The van der Waals surface area contributed by atoms with Crippen molar-refractivity contribution in [1.29, 1.82) is 0 Å². The number of carbonyl (C=O) groups is 1. The molecular weight excluding hydrogens is 218 g/mol. The van der Waals surface area contributed by atoms with Crippen LogP contribution in [-0.2, 0) is 11.3 Å². The van der Waals surface area contributed by atoms with E-state index in [4.69, 9.17) is 4.52 Å². The standard InChI is InChI=1S/C12H19N3O2/c1-8-3-4-13-11(5-8)12(16)14-7-10-6-9(2)15-17-10/h6,8,11,13H,3-5,7H2,1-2H3,(H,14,16). The van der Waals surface area contributed by atoms with E-state index in [0.717, 1.165) is 25.1 Å². The Morgan fingerprint density at radius 1 is 1.71 bits per heavy atom. The smallest absolute Gasteiger partial charge is 0.237 e. The van der Waals surface area contributed by atoms with Gasteiger partial charge < -0.3 is 15.2 Å². The van der Waals surface area contributed by atoms with Crippen LogP contribution in [0.4, 0.5) is 0 Å². The summed E-state index contributed by atoms with van der Waals surface area (Å²) in [7, 11) is 0. The van der Waals surface area contributed by atoms with Gasteiger partial charge in [-0.1, -0.05) is 12.1 Å². The number of aromatic nitrogens is 1. The zero-order valence-electron chi connectivity index (χ0n) is 10.3. The third kappa shape index (κ3) is 3.30. The lowest BCUT2D eigenvalue weighted by Crippen LogP contribution is -2.48. The summed E-state index contributed by atoms with van der Waals surface area (Å²) in [5.74, 6) is 1.35. The molecule has 2 rings (SSSR count). The fourth-order valence-electron chi connectivity index (χ4n) is 2.10. The largest absolute Gasteiger partial charge is 0.359 e. The number of piperidine rings is 1. The molecule has 1 saturated heterocycles. The zero-order chi connectivity index (χ0) is 12.3. The molecule has 2 atom stereocenters. The Hall–Kier alpha value is -1.36. The maximum absolute atomic E-state index is 11.9. The molecule has 0 radical (unpaired) electrons. The van der Waals surface area contributed by atoms with Gasteiger partial charge in [0.25, 0.3) is 0 Å². The van der Waals surface area contributed by atoms with Crippen LogP contribution >= 0.6 is 0 Å². The van der Waals surface area contributed by atoms with Crippen LogP contribution in [0.1, 0.15) is 31.2 Å². The molecule has 0 spiro atoms. The number of amides is 1. The van der Waals surface area contributed by atoms with E-state index in [0.29, 0.717) is 18.2 Å². The first kappa shape index (κ1) is 12.1. The van der Waals surface area contributed by atoms with Crippen LogP contribution in [-0.4, -0.2) is 23.7 Å². The van der Waals surface area contributed by atoms with Crippen LogP contribution in [0.15, 0.2) is 10.6 Å². The van der Waals surface area contributed by atoms with E-state index in [1.807, 2.05) is 13.0 Å². The van der Waals surface area contributed by atoms with E-state index in [9.17, 15) is 4.79 Å². The fourth-order valence-corrected chi connectivity index (χ4v) is 2.10. The average molecular weight is 237 g/mol. The number of hydrogen-bond acceptors (Lipinski definition) is 4. The lowest BCUT2D eigenvalue weighted by atomic mass is 9.94. The Labute approximate surface area is 101 Å². The molecule has 17 heavy (non-hydrogen) atoms. The van der Waals surface area contributed by atoms with Crippen LogP contribution < -0.4 is 10.6 Å². The first-order chi connectivity index (χ1) is 8.15. The third-order valence-corrected chi connectivity index (χ3v) is 3.10. The van der Waals surface area contributed by atoms with Gasteiger partial charge in [0.15, 0.2) is 5.76 Å². The highest BCUT2D eigenvalue weighted by Crippen LogP contribution is 2.15. The van der Waals surface area contributed by atoms with E-state index in [1.54, 1.807) is 0 Å². The van der Waals surface area contributed by atoms with E-state index < -0.39 is 0 Å². The van der Waals surface area contributed by atoms with E-state index in [-0.39, 0.29) is 11.9 Å². The first-order valence-corrected chi connectivity index (χ1v) is 6.08. The van der Waals surface area contributed by atoms with Gasteiger partial charge in [-0.25, -0.2) is 0 Å². The Kier molecular flexibility index (Phi) is 3.78. The summed E-state index contributed by atoms with van der Waals surface area (Å²) >= 11 is 0. The fraction of sp³-hybridized carbons (Fsp3) is 0.667. The minimum absolute atomic E-state index is 0.0469. The number of hydrogen-bond donors (Lipinski definition) is 2. The van der Waals surface area contributed by atoms with Crippen molar-refractivity contribution in [1.82, 2.24) is 15.8 Å². The van der Waals surface area contributed by atoms with Crippen molar-refractivity contribution >= 4 is 5.91 Å². The minimum Gasteiger partial charge on any atom is -0.359 e. The molecule has 1 aliphatic heterocycles. The summed E-state index contributed by atoms with van der Waals surface area (Å²) in [6, 6.07) is 1.76. The van der Waals surface area contributed by atoms with Crippen molar-refractivity contribution in [3.8, 4) is 0 Å². The summed E-state index contributed by atoms with van der Waals surface area (Å²) < 4.78 is 5.04. The number of carbonyl (C=O) groups excluding carboxylic acids is 1. The molecule has 5 heteroatoms. The van der Waals surface area contributed by atoms with Crippen molar-refractivity contribution in [2.24, 2.45) is 5.92 Å². The Bertz CT molecular complexity index is 389. The third-order valence-electron chi connectivity index (χ3n) is 3.10. The molecule has 1 aromatic rings. The lowest BCUT2D eigenvalue weighted by molar-refractivity contribution is -0.124. The van der Waals surface area contributed by atoms with Crippen LogP contribution in [0.3, 0.4) is 0 Å². The van der Waals surface area contributed by atoms with Gasteiger partial charge in [-0.15, -0.1) is 0 Å². The topological polar surface area (TPSA) is 67.2 Å². The maximum atomic E-state index is 11.9. The highest BCUT2D eigenvalue weighted by atomic mass is 16.5. The van der Waals surface area contributed by atoms with Crippen molar-refractivity contribution in [2.75, 3.05) is 6.54 Å². The second-order valence-corrected chi connectivity index (χ2v) is 4.79. The molecule has 0 bridgehead atoms. The molecule has 2 unspecified atom stereocenters. The number of aryl methyl sites for hydroxylation is 1. The minimum atomic E-state index is -0.0669. The summed E-state index contributed by atoms with van der Waals surface area (Å²) in [5, 5.41) is 9.88. The summed E-state index contributed by atoms with van der Waals surface area (Å²) in [6.07, 6.45) is 2.05. The van der Waals surface area contributed by atoms with Gasteiger partial charge in [-0.3, -0.25) is 4.79 Å². The Balaban J connectivity index is 1.80. The normalized spacial score (nSPS) is 24.6. The maximum Gasteiger partial charge on any atom is 0.237 e. The van der Waals surface area contributed by atoms with Crippen molar-refractivity contribution in [3.63, 3.8) is 0 Å².